The Balaban J connectivity index is 2.16. The zero-order valence-electron chi connectivity index (χ0n) is 13.2. The quantitative estimate of drug-likeness (QED) is 0.835. The predicted octanol–water partition coefficient (Wildman–Crippen LogP) is 1.82. The van der Waals surface area contributed by atoms with E-state index in [4.69, 9.17) is 5.73 Å². The van der Waals surface area contributed by atoms with Crippen LogP contribution in [0.15, 0.2) is 6.33 Å². The molecule has 1 heterocycles. The van der Waals surface area contributed by atoms with E-state index in [1.165, 1.54) is 38.5 Å². The van der Waals surface area contributed by atoms with Crippen molar-refractivity contribution >= 4 is 0 Å². The highest BCUT2D eigenvalue weighted by Crippen LogP contribution is 2.34. The van der Waals surface area contributed by atoms with Gasteiger partial charge in [0.1, 0.15) is 12.2 Å². The number of aromatic nitrogens is 3. The number of hydrogen-bond donors (Lipinski definition) is 1. The summed E-state index contributed by atoms with van der Waals surface area (Å²) in [5, 5.41) is 4.26. The van der Waals surface area contributed by atoms with E-state index in [2.05, 4.69) is 36.0 Å². The van der Waals surface area contributed by atoms with Gasteiger partial charge in [0.2, 0.25) is 0 Å². The molecule has 2 rings (SSSR count). The highest BCUT2D eigenvalue weighted by atomic mass is 15.3. The number of nitrogens with zero attached hydrogens (tertiary/aromatic N) is 4. The largest absolute Gasteiger partial charge is 0.326 e. The molecule has 1 aliphatic carbocycles. The maximum Gasteiger partial charge on any atom is 0.138 e. The smallest absolute Gasteiger partial charge is 0.138 e. The molecule has 1 atom stereocenters. The van der Waals surface area contributed by atoms with E-state index in [9.17, 15) is 0 Å². The average molecular weight is 279 g/mol. The minimum absolute atomic E-state index is 0.112. The normalized spacial score (nSPS) is 20.9. The van der Waals surface area contributed by atoms with Gasteiger partial charge in [0.25, 0.3) is 0 Å². The van der Waals surface area contributed by atoms with Gasteiger partial charge in [-0.2, -0.15) is 5.10 Å². The van der Waals surface area contributed by atoms with Crippen LogP contribution in [0.4, 0.5) is 0 Å². The van der Waals surface area contributed by atoms with Crippen LogP contribution in [-0.4, -0.2) is 45.3 Å². The number of likely N-dealkylation sites (N-methyl/N-ethyl adjacent to an activating group) is 1. The number of hydrogen-bond acceptors (Lipinski definition) is 4. The summed E-state index contributed by atoms with van der Waals surface area (Å²) < 4.78 is 1.96. The highest BCUT2D eigenvalue weighted by Gasteiger charge is 2.39. The lowest BCUT2D eigenvalue weighted by Gasteiger charge is -2.44. The summed E-state index contributed by atoms with van der Waals surface area (Å²) in [6, 6.07) is 0.116. The third-order valence-corrected chi connectivity index (χ3v) is 4.95. The van der Waals surface area contributed by atoms with E-state index < -0.39 is 0 Å². The van der Waals surface area contributed by atoms with E-state index in [1.54, 1.807) is 6.33 Å². The second-order valence-electron chi connectivity index (χ2n) is 6.21. The lowest BCUT2D eigenvalue weighted by molar-refractivity contribution is 0.0955. The number of nitrogens with two attached hydrogens (primary N) is 1. The molecule has 5 nitrogen and oxygen atoms in total. The van der Waals surface area contributed by atoms with Crippen LogP contribution in [-0.2, 0) is 13.0 Å². The van der Waals surface area contributed by atoms with Crippen molar-refractivity contribution in [3.05, 3.63) is 12.2 Å². The Morgan fingerprint density at radius 1 is 1.30 bits per heavy atom. The lowest BCUT2D eigenvalue weighted by atomic mass is 9.80. The zero-order valence-corrected chi connectivity index (χ0v) is 13.2. The fourth-order valence-corrected chi connectivity index (χ4v) is 3.59. The van der Waals surface area contributed by atoms with Crippen molar-refractivity contribution in [2.75, 3.05) is 14.1 Å². The fraction of sp³-hybridized carbons (Fsp3) is 0.867. The summed E-state index contributed by atoms with van der Waals surface area (Å²) in [6.45, 7) is 2.95. The van der Waals surface area contributed by atoms with Crippen LogP contribution in [0.1, 0.15) is 51.3 Å². The zero-order chi connectivity index (χ0) is 14.6. The summed E-state index contributed by atoms with van der Waals surface area (Å²) in [5.74, 6) is 1.02. The van der Waals surface area contributed by atoms with Crippen molar-refractivity contribution in [3.8, 4) is 0 Å². The van der Waals surface area contributed by atoms with Crippen molar-refractivity contribution in [2.45, 2.75) is 70.0 Å². The molecule has 114 valence electrons. The fourth-order valence-electron chi connectivity index (χ4n) is 3.59. The molecule has 0 aliphatic heterocycles. The Morgan fingerprint density at radius 2 is 1.95 bits per heavy atom. The molecule has 1 unspecified atom stereocenters. The van der Waals surface area contributed by atoms with Gasteiger partial charge in [-0.15, -0.1) is 0 Å². The molecule has 0 saturated heterocycles. The molecule has 5 heteroatoms. The minimum Gasteiger partial charge on any atom is -0.326 e. The minimum atomic E-state index is 0.112. The first-order chi connectivity index (χ1) is 9.60. The van der Waals surface area contributed by atoms with E-state index in [1.807, 2.05) is 4.68 Å². The topological polar surface area (TPSA) is 60.0 Å². The van der Waals surface area contributed by atoms with Crippen molar-refractivity contribution in [3.63, 3.8) is 0 Å². The van der Waals surface area contributed by atoms with Crippen LogP contribution >= 0.6 is 0 Å². The van der Waals surface area contributed by atoms with Gasteiger partial charge in [0.15, 0.2) is 0 Å². The van der Waals surface area contributed by atoms with Gasteiger partial charge in [-0.1, -0.05) is 25.7 Å². The SMILES string of the molecule is CCn1ncnc1CC(N)C1(N(C)C)CCCCCC1. The van der Waals surface area contributed by atoms with E-state index in [0.717, 1.165) is 18.8 Å². The van der Waals surface area contributed by atoms with Gasteiger partial charge in [0.05, 0.1) is 0 Å². The summed E-state index contributed by atoms with van der Waals surface area (Å²) in [6.07, 6.45) is 10.1. The Hall–Kier alpha value is -0.940. The molecule has 1 aromatic heterocycles. The Kier molecular flexibility index (Phi) is 5.16. The summed E-state index contributed by atoms with van der Waals surface area (Å²) in [7, 11) is 4.35. The van der Waals surface area contributed by atoms with Crippen molar-refractivity contribution in [1.82, 2.24) is 19.7 Å². The van der Waals surface area contributed by atoms with Gasteiger partial charge in [0, 0.05) is 24.5 Å². The van der Waals surface area contributed by atoms with Crippen LogP contribution < -0.4 is 5.73 Å². The van der Waals surface area contributed by atoms with Gasteiger partial charge in [-0.25, -0.2) is 4.98 Å². The molecule has 0 radical (unpaired) electrons. The molecule has 20 heavy (non-hydrogen) atoms. The van der Waals surface area contributed by atoms with Crippen molar-refractivity contribution < 1.29 is 0 Å². The lowest BCUT2D eigenvalue weighted by Crippen LogP contribution is -2.58. The van der Waals surface area contributed by atoms with Crippen LogP contribution in [0, 0.1) is 0 Å². The molecule has 1 aromatic rings. The molecule has 0 spiro atoms. The number of rotatable bonds is 5. The Bertz CT molecular complexity index is 404. The first-order valence-corrected chi connectivity index (χ1v) is 7.90. The van der Waals surface area contributed by atoms with Crippen LogP contribution in [0.5, 0.6) is 0 Å². The molecular formula is C15H29N5. The third kappa shape index (κ3) is 3.04. The second kappa shape index (κ2) is 6.68. The number of aryl methyl sites for hydroxylation is 1. The molecule has 1 saturated carbocycles. The summed E-state index contributed by atoms with van der Waals surface area (Å²) >= 11 is 0. The average Bonchev–Trinajstić information content (AvgIpc) is 2.72. The first kappa shape index (κ1) is 15.4. The predicted molar refractivity (Wildman–Crippen MR) is 81.5 cm³/mol. The van der Waals surface area contributed by atoms with Gasteiger partial charge in [-0.05, 0) is 33.9 Å². The first-order valence-electron chi connectivity index (χ1n) is 7.90. The molecule has 0 aromatic carbocycles. The van der Waals surface area contributed by atoms with Gasteiger partial charge in [-0.3, -0.25) is 4.68 Å². The van der Waals surface area contributed by atoms with E-state index in [0.29, 0.717) is 0 Å². The molecule has 1 aliphatic rings. The van der Waals surface area contributed by atoms with Gasteiger partial charge >= 0.3 is 0 Å². The highest BCUT2D eigenvalue weighted by molar-refractivity contribution is 5.03. The maximum absolute atomic E-state index is 6.65. The summed E-state index contributed by atoms with van der Waals surface area (Å²) in [5.41, 5.74) is 6.76. The monoisotopic (exact) mass is 279 g/mol. The summed E-state index contributed by atoms with van der Waals surface area (Å²) in [4.78, 5) is 6.75. The van der Waals surface area contributed by atoms with E-state index >= 15 is 0 Å². The molecule has 0 amide bonds. The van der Waals surface area contributed by atoms with Crippen LogP contribution in [0.25, 0.3) is 0 Å². The van der Waals surface area contributed by atoms with Gasteiger partial charge < -0.3 is 10.6 Å². The molecule has 2 N–H and O–H groups in total. The van der Waals surface area contributed by atoms with Crippen molar-refractivity contribution in [1.29, 1.82) is 0 Å². The van der Waals surface area contributed by atoms with Crippen LogP contribution in [0.2, 0.25) is 0 Å². The maximum atomic E-state index is 6.65. The van der Waals surface area contributed by atoms with Crippen LogP contribution in [0.3, 0.4) is 0 Å². The Morgan fingerprint density at radius 3 is 2.50 bits per heavy atom. The molecular weight excluding hydrogens is 250 g/mol. The van der Waals surface area contributed by atoms with Crippen molar-refractivity contribution in [2.24, 2.45) is 5.73 Å². The standard InChI is InChI=1S/C15H29N5/c1-4-20-14(17-12-18-20)11-13(16)15(19(2)3)9-7-5-6-8-10-15/h12-13H,4-11,16H2,1-3H3. The second-order valence-corrected chi connectivity index (χ2v) is 6.21. The Labute approximate surface area is 122 Å². The molecule has 0 bridgehead atoms. The van der Waals surface area contributed by atoms with E-state index in [-0.39, 0.29) is 11.6 Å². The third-order valence-electron chi connectivity index (χ3n) is 4.95. The molecule has 1 fully saturated rings.